The number of ether oxygens (including phenoxy) is 1. The van der Waals surface area contributed by atoms with E-state index in [1.165, 1.54) is 18.4 Å². The summed E-state index contributed by atoms with van der Waals surface area (Å²) >= 11 is 1.51. The second kappa shape index (κ2) is 6.69. The largest absolute Gasteiger partial charge is 0.469 e. The van der Waals surface area contributed by atoms with Crippen LogP contribution in [0.4, 0.5) is 0 Å². The Balaban J connectivity index is 1.53. The molecule has 0 unspecified atom stereocenters. The van der Waals surface area contributed by atoms with Crippen LogP contribution in [-0.2, 0) is 16.0 Å². The first kappa shape index (κ1) is 18.4. The lowest BCUT2D eigenvalue weighted by Crippen LogP contribution is -2.47. The maximum absolute atomic E-state index is 13.6. The van der Waals surface area contributed by atoms with Crippen LogP contribution in [0.5, 0.6) is 0 Å². The van der Waals surface area contributed by atoms with Crippen LogP contribution in [0.15, 0.2) is 39.6 Å². The minimum absolute atomic E-state index is 0.0119. The summed E-state index contributed by atoms with van der Waals surface area (Å²) in [6.07, 6.45) is 2.78. The third-order valence-electron chi connectivity index (χ3n) is 6.58. The van der Waals surface area contributed by atoms with Gasteiger partial charge >= 0.3 is 5.97 Å². The van der Waals surface area contributed by atoms with Gasteiger partial charge in [0.05, 0.1) is 23.7 Å². The first-order valence-corrected chi connectivity index (χ1v) is 10.8. The van der Waals surface area contributed by atoms with Crippen LogP contribution in [0.3, 0.4) is 0 Å². The standard InChI is InChI=1S/C22H22N2O4S/c1-13-16-5-3-4-6-17(16)28-19(13)20(25)24-15-7-8-18(24)22(10-15,21(26)27-2)9-14-11-29-12-23-14/h3-6,11-12,15,18H,7-10H2,1-2H3/t15-,18+,22+/m1/s1. The molecule has 3 aromatic rings. The van der Waals surface area contributed by atoms with Crippen molar-refractivity contribution in [1.29, 1.82) is 0 Å². The predicted molar refractivity (Wildman–Crippen MR) is 109 cm³/mol. The summed E-state index contributed by atoms with van der Waals surface area (Å²) in [5, 5.41) is 2.91. The smallest absolute Gasteiger partial charge is 0.314 e. The summed E-state index contributed by atoms with van der Waals surface area (Å²) in [7, 11) is 1.42. The Morgan fingerprint density at radius 2 is 2.17 bits per heavy atom. The average Bonchev–Trinajstić information content (AvgIpc) is 3.51. The van der Waals surface area contributed by atoms with Gasteiger partial charge in [0.15, 0.2) is 5.76 Å². The van der Waals surface area contributed by atoms with E-state index in [1.807, 2.05) is 41.5 Å². The van der Waals surface area contributed by atoms with Crippen molar-refractivity contribution in [2.45, 2.75) is 44.7 Å². The van der Waals surface area contributed by atoms with E-state index < -0.39 is 5.41 Å². The number of aryl methyl sites for hydroxylation is 1. The third-order valence-corrected chi connectivity index (χ3v) is 7.22. The fourth-order valence-corrected chi connectivity index (χ4v) is 5.88. The third kappa shape index (κ3) is 2.64. The summed E-state index contributed by atoms with van der Waals surface area (Å²) in [4.78, 5) is 32.8. The lowest BCUT2D eigenvalue weighted by Gasteiger charge is -2.34. The summed E-state index contributed by atoms with van der Waals surface area (Å²) in [6, 6.07) is 7.48. The highest BCUT2D eigenvalue weighted by atomic mass is 32.1. The molecular formula is C22H22N2O4S. The Morgan fingerprint density at radius 3 is 2.90 bits per heavy atom. The van der Waals surface area contributed by atoms with Crippen molar-refractivity contribution in [3.8, 4) is 0 Å². The minimum atomic E-state index is -0.749. The topological polar surface area (TPSA) is 72.6 Å². The number of carbonyl (C=O) groups is 2. The number of rotatable bonds is 4. The Kier molecular flexibility index (Phi) is 4.24. The van der Waals surface area contributed by atoms with Gasteiger partial charge in [-0.2, -0.15) is 0 Å². The van der Waals surface area contributed by atoms with Crippen LogP contribution in [0, 0.1) is 12.3 Å². The molecule has 2 aromatic heterocycles. The van der Waals surface area contributed by atoms with Crippen molar-refractivity contribution >= 4 is 34.2 Å². The number of thiazole rings is 1. The number of hydrogen-bond acceptors (Lipinski definition) is 6. The fourth-order valence-electron chi connectivity index (χ4n) is 5.32. The summed E-state index contributed by atoms with van der Waals surface area (Å²) in [5.41, 5.74) is 3.46. The molecule has 0 aliphatic carbocycles. The predicted octanol–water partition coefficient (Wildman–Crippen LogP) is 3.98. The number of furan rings is 1. The van der Waals surface area contributed by atoms with E-state index in [0.717, 1.165) is 29.5 Å². The molecule has 2 bridgehead atoms. The number of esters is 1. The van der Waals surface area contributed by atoms with Crippen molar-refractivity contribution in [2.75, 3.05) is 7.11 Å². The molecular weight excluding hydrogens is 388 g/mol. The second-order valence-corrected chi connectivity index (χ2v) is 8.74. The highest BCUT2D eigenvalue weighted by molar-refractivity contribution is 7.07. The van der Waals surface area contributed by atoms with E-state index in [9.17, 15) is 9.59 Å². The molecule has 1 amide bonds. The maximum atomic E-state index is 13.6. The summed E-state index contributed by atoms with van der Waals surface area (Å²) in [5.74, 6) is -0.00971. The molecule has 2 aliphatic rings. The molecule has 4 heterocycles. The van der Waals surface area contributed by atoms with Crippen molar-refractivity contribution in [2.24, 2.45) is 5.41 Å². The first-order valence-electron chi connectivity index (χ1n) is 9.81. The number of amides is 1. The number of fused-ring (bicyclic) bond motifs is 3. The van der Waals surface area contributed by atoms with Crippen molar-refractivity contribution < 1.29 is 18.7 Å². The molecule has 150 valence electrons. The number of aromatic nitrogens is 1. The SMILES string of the molecule is COC(=O)[C@@]1(Cc2cscn2)C[C@H]2CC[C@@H]1N2C(=O)c1oc2ccccc2c1C. The van der Waals surface area contributed by atoms with Gasteiger partial charge in [-0.3, -0.25) is 9.59 Å². The molecule has 7 heteroatoms. The van der Waals surface area contributed by atoms with Gasteiger partial charge < -0.3 is 14.1 Å². The van der Waals surface area contributed by atoms with E-state index in [2.05, 4.69) is 4.98 Å². The van der Waals surface area contributed by atoms with E-state index in [4.69, 9.17) is 9.15 Å². The monoisotopic (exact) mass is 410 g/mol. The van der Waals surface area contributed by atoms with Crippen molar-refractivity contribution in [3.05, 3.63) is 52.2 Å². The van der Waals surface area contributed by atoms with Gasteiger partial charge in [-0.05, 0) is 32.3 Å². The van der Waals surface area contributed by atoms with Crippen LogP contribution in [0.25, 0.3) is 11.0 Å². The maximum Gasteiger partial charge on any atom is 0.314 e. The van der Waals surface area contributed by atoms with Crippen molar-refractivity contribution in [3.63, 3.8) is 0 Å². The van der Waals surface area contributed by atoms with E-state index in [0.29, 0.717) is 24.2 Å². The zero-order valence-electron chi connectivity index (χ0n) is 16.4. The van der Waals surface area contributed by atoms with Crippen LogP contribution in [0.2, 0.25) is 0 Å². The molecule has 2 saturated heterocycles. The molecule has 5 rings (SSSR count). The number of para-hydroxylation sites is 1. The zero-order valence-corrected chi connectivity index (χ0v) is 17.2. The number of hydrogen-bond donors (Lipinski definition) is 0. The number of methoxy groups -OCH3 is 1. The highest BCUT2D eigenvalue weighted by Gasteiger charge is 2.62. The van der Waals surface area contributed by atoms with E-state index in [1.54, 1.807) is 5.51 Å². The lowest BCUT2D eigenvalue weighted by molar-refractivity contribution is -0.154. The molecule has 2 fully saturated rings. The van der Waals surface area contributed by atoms with Crippen LogP contribution in [0.1, 0.15) is 41.1 Å². The molecule has 2 aliphatic heterocycles. The normalized spacial score (nSPS) is 25.7. The molecule has 0 spiro atoms. The quantitative estimate of drug-likeness (QED) is 0.609. The van der Waals surface area contributed by atoms with Gasteiger partial charge in [0.2, 0.25) is 0 Å². The highest BCUT2D eigenvalue weighted by Crippen LogP contribution is 2.53. The van der Waals surface area contributed by atoms with E-state index in [-0.39, 0.29) is 24.0 Å². The average molecular weight is 410 g/mol. The number of carbonyl (C=O) groups excluding carboxylic acids is 2. The first-order chi connectivity index (χ1) is 14.0. The zero-order chi connectivity index (χ0) is 20.2. The number of benzene rings is 1. The van der Waals surface area contributed by atoms with E-state index >= 15 is 0 Å². The molecule has 0 saturated carbocycles. The van der Waals surface area contributed by atoms with Crippen LogP contribution < -0.4 is 0 Å². The Morgan fingerprint density at radius 1 is 1.34 bits per heavy atom. The molecule has 0 radical (unpaired) electrons. The fraction of sp³-hybridized carbons (Fsp3) is 0.409. The second-order valence-electron chi connectivity index (χ2n) is 8.02. The molecule has 29 heavy (non-hydrogen) atoms. The van der Waals surface area contributed by atoms with Gasteiger partial charge in [-0.15, -0.1) is 11.3 Å². The van der Waals surface area contributed by atoms with Crippen LogP contribution in [-0.4, -0.2) is 41.0 Å². The Bertz CT molecular complexity index is 1090. The summed E-state index contributed by atoms with van der Waals surface area (Å²) < 4.78 is 11.2. The Labute approximate surface area is 172 Å². The molecule has 1 aromatic carbocycles. The number of nitrogens with zero attached hydrogens (tertiary/aromatic N) is 2. The van der Waals surface area contributed by atoms with Gasteiger partial charge in [-0.1, -0.05) is 18.2 Å². The Hall–Kier alpha value is -2.67. The van der Waals surface area contributed by atoms with Gasteiger partial charge in [0, 0.05) is 34.8 Å². The van der Waals surface area contributed by atoms with Crippen LogP contribution >= 0.6 is 11.3 Å². The van der Waals surface area contributed by atoms with Gasteiger partial charge in [0.25, 0.3) is 5.91 Å². The van der Waals surface area contributed by atoms with Gasteiger partial charge in [0.1, 0.15) is 5.58 Å². The van der Waals surface area contributed by atoms with Crippen molar-refractivity contribution in [1.82, 2.24) is 9.88 Å². The van der Waals surface area contributed by atoms with Gasteiger partial charge in [-0.25, -0.2) is 4.98 Å². The molecule has 6 nitrogen and oxygen atoms in total. The lowest BCUT2D eigenvalue weighted by atomic mass is 9.71. The summed E-state index contributed by atoms with van der Waals surface area (Å²) in [6.45, 7) is 1.92. The molecule has 0 N–H and O–H groups in total. The minimum Gasteiger partial charge on any atom is -0.469 e. The molecule has 3 atom stereocenters.